The smallest absolute Gasteiger partial charge is 0.345 e. The van der Waals surface area contributed by atoms with Crippen LogP contribution in [-0.4, -0.2) is 33.9 Å². The number of aromatic nitrogens is 3. The molecule has 10 heteroatoms. The zero-order valence-electron chi connectivity index (χ0n) is 16.6. The molecule has 2 heterocycles. The maximum absolute atomic E-state index is 12.3. The van der Waals surface area contributed by atoms with Crippen molar-refractivity contribution in [3.63, 3.8) is 0 Å². The molecule has 3 rings (SSSR count). The summed E-state index contributed by atoms with van der Waals surface area (Å²) in [6.45, 7) is 4.06. The predicted octanol–water partition coefficient (Wildman–Crippen LogP) is 3.62. The van der Waals surface area contributed by atoms with Gasteiger partial charge in [0.2, 0.25) is 0 Å². The third-order valence-corrected chi connectivity index (χ3v) is 5.44. The van der Waals surface area contributed by atoms with Crippen LogP contribution in [0.3, 0.4) is 0 Å². The Labute approximate surface area is 197 Å². The van der Waals surface area contributed by atoms with Crippen LogP contribution in [0.2, 0.25) is 10.0 Å². The zero-order chi connectivity index (χ0) is 20.1. The molecule has 2 aromatic rings. The van der Waals surface area contributed by atoms with Gasteiger partial charge in [-0.1, -0.05) is 29.3 Å². The Balaban J connectivity index is 0.00000300. The molecule has 1 unspecified atom stereocenters. The van der Waals surface area contributed by atoms with Crippen molar-refractivity contribution in [1.82, 2.24) is 25.0 Å². The molecular weight excluding hydrogens is 526 g/mol. The molecule has 0 saturated carbocycles. The van der Waals surface area contributed by atoms with Crippen LogP contribution in [0.15, 0.2) is 28.0 Å². The number of benzene rings is 1. The maximum atomic E-state index is 12.3. The van der Waals surface area contributed by atoms with E-state index in [1.165, 1.54) is 0 Å². The first kappa shape index (κ1) is 24.0. The SMILES string of the molecule is CN=C(NCCCn1nc2n(c1=O)CCCC2)NC(C)c1ccc(Cl)cc1Cl.I. The molecule has 1 aromatic carbocycles. The Bertz CT molecular complexity index is 911. The van der Waals surface area contributed by atoms with E-state index in [1.54, 1.807) is 22.4 Å². The molecule has 1 atom stereocenters. The number of guanidine groups is 1. The highest BCUT2D eigenvalue weighted by atomic mass is 127. The molecule has 0 fully saturated rings. The van der Waals surface area contributed by atoms with Gasteiger partial charge in [-0.2, -0.15) is 5.10 Å². The number of hydrogen-bond donors (Lipinski definition) is 2. The molecule has 1 aliphatic rings. The van der Waals surface area contributed by atoms with Gasteiger partial charge in [-0.05, 0) is 43.9 Å². The van der Waals surface area contributed by atoms with Crippen LogP contribution in [0.25, 0.3) is 0 Å². The fourth-order valence-electron chi connectivity index (χ4n) is 3.36. The summed E-state index contributed by atoms with van der Waals surface area (Å²) in [4.78, 5) is 16.6. The van der Waals surface area contributed by atoms with E-state index >= 15 is 0 Å². The fraction of sp³-hybridized carbons (Fsp3) is 0.526. The Kier molecular flexibility index (Phi) is 9.29. The maximum Gasteiger partial charge on any atom is 0.345 e. The van der Waals surface area contributed by atoms with Crippen molar-refractivity contribution in [3.8, 4) is 0 Å². The van der Waals surface area contributed by atoms with E-state index in [1.807, 2.05) is 19.1 Å². The molecule has 29 heavy (non-hydrogen) atoms. The van der Waals surface area contributed by atoms with Gasteiger partial charge in [0.15, 0.2) is 5.96 Å². The van der Waals surface area contributed by atoms with Crippen molar-refractivity contribution in [2.45, 2.75) is 51.7 Å². The molecule has 0 amide bonds. The molecule has 1 aliphatic heterocycles. The lowest BCUT2D eigenvalue weighted by Crippen LogP contribution is -2.39. The van der Waals surface area contributed by atoms with Gasteiger partial charge in [-0.25, -0.2) is 9.48 Å². The van der Waals surface area contributed by atoms with Gasteiger partial charge in [0.05, 0.1) is 6.04 Å². The number of nitrogens with zero attached hydrogens (tertiary/aromatic N) is 4. The molecule has 2 N–H and O–H groups in total. The number of halogens is 3. The van der Waals surface area contributed by atoms with Crippen LogP contribution < -0.4 is 16.3 Å². The number of fused-ring (bicyclic) bond motifs is 1. The number of aliphatic imine (C=N–C) groups is 1. The molecule has 7 nitrogen and oxygen atoms in total. The highest BCUT2D eigenvalue weighted by Crippen LogP contribution is 2.25. The van der Waals surface area contributed by atoms with Gasteiger partial charge < -0.3 is 10.6 Å². The van der Waals surface area contributed by atoms with Crippen LogP contribution in [0.1, 0.15) is 43.6 Å². The lowest BCUT2D eigenvalue weighted by Gasteiger charge is -2.19. The Morgan fingerprint density at radius 2 is 2.14 bits per heavy atom. The molecular formula is C19H27Cl2IN6O. The first-order chi connectivity index (χ1) is 13.5. The second-order valence-corrected chi connectivity index (χ2v) is 7.76. The van der Waals surface area contributed by atoms with E-state index in [0.717, 1.165) is 43.6 Å². The van der Waals surface area contributed by atoms with E-state index < -0.39 is 0 Å². The van der Waals surface area contributed by atoms with E-state index in [4.69, 9.17) is 23.2 Å². The average Bonchev–Trinajstić information content (AvgIpc) is 3.00. The van der Waals surface area contributed by atoms with Crippen molar-refractivity contribution < 1.29 is 0 Å². The van der Waals surface area contributed by atoms with Gasteiger partial charge in [0.25, 0.3) is 0 Å². The summed E-state index contributed by atoms with van der Waals surface area (Å²) in [6, 6.07) is 5.43. The van der Waals surface area contributed by atoms with Gasteiger partial charge in [-0.3, -0.25) is 9.56 Å². The highest BCUT2D eigenvalue weighted by Gasteiger charge is 2.16. The second kappa shape index (κ2) is 11.2. The van der Waals surface area contributed by atoms with Crippen LogP contribution >= 0.6 is 47.2 Å². The normalized spacial score (nSPS) is 14.7. The summed E-state index contributed by atoms with van der Waals surface area (Å²) < 4.78 is 3.38. The summed E-state index contributed by atoms with van der Waals surface area (Å²) in [5.74, 6) is 1.59. The number of aryl methyl sites for hydroxylation is 2. The average molecular weight is 553 g/mol. The summed E-state index contributed by atoms with van der Waals surface area (Å²) in [6.07, 6.45) is 3.82. The van der Waals surface area contributed by atoms with Gasteiger partial charge in [0.1, 0.15) is 5.82 Å². The van der Waals surface area contributed by atoms with Crippen molar-refractivity contribution in [3.05, 3.63) is 50.1 Å². The molecule has 0 saturated heterocycles. The standard InChI is InChI=1S/C19H26Cl2N6O.HI/c1-13(15-8-7-14(20)12-16(15)21)24-18(22-2)23-9-5-11-27-19(28)26-10-4-3-6-17(26)25-27;/h7-8,12-13H,3-6,9-11H2,1-2H3,(H2,22,23,24);1H. The number of hydrogen-bond acceptors (Lipinski definition) is 3. The van der Waals surface area contributed by atoms with Gasteiger partial charge in [-0.15, -0.1) is 24.0 Å². The van der Waals surface area contributed by atoms with E-state index in [9.17, 15) is 4.79 Å². The minimum absolute atomic E-state index is 0. The third kappa shape index (κ3) is 6.11. The largest absolute Gasteiger partial charge is 0.356 e. The van der Waals surface area contributed by atoms with Crippen molar-refractivity contribution >= 4 is 53.1 Å². The van der Waals surface area contributed by atoms with Crippen LogP contribution in [0.5, 0.6) is 0 Å². The number of rotatable bonds is 6. The summed E-state index contributed by atoms with van der Waals surface area (Å²) >= 11 is 12.2. The highest BCUT2D eigenvalue weighted by molar-refractivity contribution is 14.0. The zero-order valence-corrected chi connectivity index (χ0v) is 20.5. The van der Waals surface area contributed by atoms with Crippen molar-refractivity contribution in [2.75, 3.05) is 13.6 Å². The Morgan fingerprint density at radius 1 is 1.34 bits per heavy atom. The topological polar surface area (TPSA) is 76.2 Å². The van der Waals surface area contributed by atoms with E-state index in [2.05, 4.69) is 20.7 Å². The Morgan fingerprint density at radius 3 is 2.83 bits per heavy atom. The first-order valence-electron chi connectivity index (χ1n) is 9.58. The molecule has 1 aromatic heterocycles. The first-order valence-corrected chi connectivity index (χ1v) is 10.3. The lowest BCUT2D eigenvalue weighted by molar-refractivity contribution is 0.509. The van der Waals surface area contributed by atoms with Gasteiger partial charge in [0, 0.05) is 43.1 Å². The monoisotopic (exact) mass is 552 g/mol. The summed E-state index contributed by atoms with van der Waals surface area (Å²) in [5, 5.41) is 12.3. The molecule has 160 valence electrons. The molecule has 0 aliphatic carbocycles. The fourth-order valence-corrected chi connectivity index (χ4v) is 3.93. The molecule has 0 spiro atoms. The van der Waals surface area contributed by atoms with Gasteiger partial charge >= 0.3 is 5.69 Å². The van der Waals surface area contributed by atoms with Crippen LogP contribution in [-0.2, 0) is 19.5 Å². The minimum Gasteiger partial charge on any atom is -0.356 e. The summed E-state index contributed by atoms with van der Waals surface area (Å²) in [5.41, 5.74) is 0.951. The van der Waals surface area contributed by atoms with Crippen molar-refractivity contribution in [2.24, 2.45) is 4.99 Å². The predicted molar refractivity (Wildman–Crippen MR) is 129 cm³/mol. The van der Waals surface area contributed by atoms with E-state index in [-0.39, 0.29) is 35.7 Å². The van der Waals surface area contributed by atoms with Crippen LogP contribution in [0, 0.1) is 0 Å². The Hall–Kier alpha value is -1.26. The van der Waals surface area contributed by atoms with Crippen molar-refractivity contribution in [1.29, 1.82) is 0 Å². The third-order valence-electron chi connectivity index (χ3n) is 4.88. The quantitative estimate of drug-likeness (QED) is 0.248. The number of nitrogens with one attached hydrogen (secondary N) is 2. The molecule has 0 radical (unpaired) electrons. The lowest BCUT2D eigenvalue weighted by atomic mass is 10.1. The van der Waals surface area contributed by atoms with Crippen LogP contribution in [0.4, 0.5) is 0 Å². The minimum atomic E-state index is -0.0292. The molecule has 0 bridgehead atoms. The van der Waals surface area contributed by atoms with E-state index in [0.29, 0.717) is 29.1 Å². The summed E-state index contributed by atoms with van der Waals surface area (Å²) in [7, 11) is 1.72. The second-order valence-electron chi connectivity index (χ2n) is 6.92.